The number of aromatic amines is 1. The molecule has 5 aromatic rings. The Bertz CT molecular complexity index is 1360. The molecule has 124 valence electrons. The molecule has 1 aliphatic heterocycles. The quantitative estimate of drug-likeness (QED) is 0.366. The Kier molecular flexibility index (Phi) is 2.57. The number of H-pyrrole nitrogens is 1. The lowest BCUT2D eigenvalue weighted by molar-refractivity contribution is 1.55. The number of rotatable bonds is 0. The summed E-state index contributed by atoms with van der Waals surface area (Å²) in [6.45, 7) is 4.99. The summed E-state index contributed by atoms with van der Waals surface area (Å²) in [7, 11) is -1.69. The van der Waals surface area contributed by atoms with Crippen LogP contribution >= 0.6 is 0 Å². The van der Waals surface area contributed by atoms with Gasteiger partial charge in [-0.2, -0.15) is 0 Å². The van der Waals surface area contributed by atoms with Crippen LogP contribution in [0.25, 0.3) is 43.7 Å². The van der Waals surface area contributed by atoms with E-state index in [0.29, 0.717) is 0 Å². The Balaban J connectivity index is 1.80. The molecule has 0 atom stereocenters. The second-order valence-corrected chi connectivity index (χ2v) is 12.2. The lowest BCUT2D eigenvalue weighted by Gasteiger charge is -2.20. The highest BCUT2D eigenvalue weighted by Gasteiger charge is 2.38. The first-order chi connectivity index (χ1) is 12.6. The summed E-state index contributed by atoms with van der Waals surface area (Å²) in [6.07, 6.45) is 0. The SMILES string of the molecule is C[Si]1(C)c2ccccc2-c2ccc3cc4[nH]c5ccccc5c4cc3c21. The zero-order valence-corrected chi connectivity index (χ0v) is 15.9. The minimum absolute atomic E-state index is 1.22. The number of hydrogen-bond acceptors (Lipinski definition) is 0. The lowest BCUT2D eigenvalue weighted by atomic mass is 10.00. The fraction of sp³-hybridized carbons (Fsp3) is 0.0833. The smallest absolute Gasteiger partial charge is 0.114 e. The van der Waals surface area contributed by atoms with Crippen molar-refractivity contribution < 1.29 is 0 Å². The molecule has 1 aromatic heterocycles. The van der Waals surface area contributed by atoms with E-state index < -0.39 is 8.07 Å². The molecule has 0 radical (unpaired) electrons. The zero-order chi connectivity index (χ0) is 17.5. The van der Waals surface area contributed by atoms with Gasteiger partial charge in [-0.05, 0) is 50.5 Å². The van der Waals surface area contributed by atoms with Crippen molar-refractivity contribution in [3.63, 3.8) is 0 Å². The molecular formula is C24H19NSi. The third kappa shape index (κ3) is 1.65. The van der Waals surface area contributed by atoms with Gasteiger partial charge in [-0.15, -0.1) is 0 Å². The maximum absolute atomic E-state index is 3.59. The third-order valence-electron chi connectivity index (χ3n) is 6.16. The molecular weight excluding hydrogens is 330 g/mol. The van der Waals surface area contributed by atoms with Crippen molar-refractivity contribution in [3.8, 4) is 11.1 Å². The Morgan fingerprint density at radius 2 is 1.46 bits per heavy atom. The van der Waals surface area contributed by atoms with Crippen LogP contribution in [0.4, 0.5) is 0 Å². The van der Waals surface area contributed by atoms with Gasteiger partial charge < -0.3 is 4.98 Å². The van der Waals surface area contributed by atoms with Crippen LogP contribution in [0.15, 0.2) is 72.8 Å². The van der Waals surface area contributed by atoms with Crippen molar-refractivity contribution in [1.82, 2.24) is 4.98 Å². The number of benzene rings is 4. The van der Waals surface area contributed by atoms with E-state index in [1.807, 2.05) is 0 Å². The molecule has 0 amide bonds. The summed E-state index contributed by atoms with van der Waals surface area (Å²) in [4.78, 5) is 3.59. The highest BCUT2D eigenvalue weighted by molar-refractivity contribution is 7.05. The predicted octanol–water partition coefficient (Wildman–Crippen LogP) is 5.28. The van der Waals surface area contributed by atoms with Crippen LogP contribution < -0.4 is 10.4 Å². The molecule has 0 bridgehead atoms. The van der Waals surface area contributed by atoms with Crippen molar-refractivity contribution in [2.75, 3.05) is 0 Å². The second-order valence-electron chi connectivity index (χ2n) is 7.95. The summed E-state index contributed by atoms with van der Waals surface area (Å²) in [5, 5.41) is 8.60. The van der Waals surface area contributed by atoms with E-state index in [-0.39, 0.29) is 0 Å². The summed E-state index contributed by atoms with van der Waals surface area (Å²) in [6, 6.07) is 27.0. The first-order valence-electron chi connectivity index (χ1n) is 9.22. The topological polar surface area (TPSA) is 15.8 Å². The van der Waals surface area contributed by atoms with Crippen LogP contribution in [-0.2, 0) is 0 Å². The van der Waals surface area contributed by atoms with Crippen molar-refractivity contribution in [2.24, 2.45) is 0 Å². The van der Waals surface area contributed by atoms with E-state index in [9.17, 15) is 0 Å². The van der Waals surface area contributed by atoms with E-state index in [0.717, 1.165) is 0 Å². The van der Waals surface area contributed by atoms with E-state index in [2.05, 4.69) is 90.9 Å². The molecule has 2 heteroatoms. The van der Waals surface area contributed by atoms with Gasteiger partial charge in [0.05, 0.1) is 0 Å². The van der Waals surface area contributed by atoms with Crippen LogP contribution in [0.5, 0.6) is 0 Å². The number of hydrogen-bond donors (Lipinski definition) is 1. The summed E-state index contributed by atoms with van der Waals surface area (Å²) < 4.78 is 0. The van der Waals surface area contributed by atoms with E-state index in [1.165, 1.54) is 43.7 Å². The molecule has 0 aliphatic carbocycles. The molecule has 0 fully saturated rings. The van der Waals surface area contributed by atoms with Crippen molar-refractivity contribution in [2.45, 2.75) is 13.1 Å². The Morgan fingerprint density at radius 1 is 0.654 bits per heavy atom. The van der Waals surface area contributed by atoms with Crippen LogP contribution in [-0.4, -0.2) is 13.1 Å². The van der Waals surface area contributed by atoms with Gasteiger partial charge in [0.15, 0.2) is 0 Å². The van der Waals surface area contributed by atoms with Gasteiger partial charge in [-0.3, -0.25) is 0 Å². The molecule has 2 heterocycles. The molecule has 1 nitrogen and oxygen atoms in total. The fourth-order valence-electron chi connectivity index (χ4n) is 4.97. The molecule has 0 unspecified atom stereocenters. The molecule has 4 aromatic carbocycles. The Hall–Kier alpha value is -2.84. The molecule has 0 spiro atoms. The van der Waals surface area contributed by atoms with Crippen LogP contribution in [0.3, 0.4) is 0 Å². The van der Waals surface area contributed by atoms with Gasteiger partial charge in [0, 0.05) is 21.8 Å². The molecule has 6 rings (SSSR count). The highest BCUT2D eigenvalue weighted by atomic mass is 28.3. The maximum Gasteiger partial charge on any atom is 0.114 e. The van der Waals surface area contributed by atoms with Crippen molar-refractivity contribution in [1.29, 1.82) is 0 Å². The maximum atomic E-state index is 3.59. The lowest BCUT2D eigenvalue weighted by Crippen LogP contribution is -2.49. The van der Waals surface area contributed by atoms with Crippen LogP contribution in [0.1, 0.15) is 0 Å². The standard InChI is InChI=1S/C24H19NSi/c1-26(2)23-10-6-4-8-17(23)18-12-11-15-13-22-20(14-19(15)24(18)26)16-7-3-5-9-21(16)25-22/h3-14,25H,1-2H3. The first-order valence-corrected chi connectivity index (χ1v) is 12.2. The number of nitrogens with one attached hydrogen (secondary N) is 1. The summed E-state index contributed by atoms with van der Waals surface area (Å²) >= 11 is 0. The van der Waals surface area contributed by atoms with Crippen LogP contribution in [0.2, 0.25) is 13.1 Å². The van der Waals surface area contributed by atoms with Crippen LogP contribution in [0, 0.1) is 0 Å². The minimum atomic E-state index is -1.69. The highest BCUT2D eigenvalue weighted by Crippen LogP contribution is 2.35. The Morgan fingerprint density at radius 3 is 2.38 bits per heavy atom. The molecule has 26 heavy (non-hydrogen) atoms. The Labute approximate surface area is 153 Å². The first kappa shape index (κ1) is 14.3. The normalized spacial score (nSPS) is 14.8. The second kappa shape index (κ2) is 4.66. The van der Waals surface area contributed by atoms with Gasteiger partial charge in [0.25, 0.3) is 0 Å². The summed E-state index contributed by atoms with van der Waals surface area (Å²) in [5.41, 5.74) is 5.34. The van der Waals surface area contributed by atoms with Crippen molar-refractivity contribution in [3.05, 3.63) is 72.8 Å². The van der Waals surface area contributed by atoms with Gasteiger partial charge in [0.1, 0.15) is 8.07 Å². The third-order valence-corrected chi connectivity index (χ3v) is 9.73. The van der Waals surface area contributed by atoms with E-state index in [4.69, 9.17) is 0 Å². The number of para-hydroxylation sites is 1. The van der Waals surface area contributed by atoms with Gasteiger partial charge >= 0.3 is 0 Å². The number of aromatic nitrogens is 1. The zero-order valence-electron chi connectivity index (χ0n) is 14.9. The predicted molar refractivity (Wildman–Crippen MR) is 115 cm³/mol. The van der Waals surface area contributed by atoms with Gasteiger partial charge in [-0.25, -0.2) is 0 Å². The molecule has 0 saturated carbocycles. The van der Waals surface area contributed by atoms with E-state index in [1.54, 1.807) is 10.4 Å². The molecule has 0 saturated heterocycles. The number of fused-ring (bicyclic) bond motifs is 8. The average molecular weight is 350 g/mol. The molecule has 1 N–H and O–H groups in total. The minimum Gasteiger partial charge on any atom is -0.354 e. The fourth-order valence-corrected chi connectivity index (χ4v) is 8.42. The summed E-state index contributed by atoms with van der Waals surface area (Å²) in [5.74, 6) is 0. The van der Waals surface area contributed by atoms with Crippen molar-refractivity contribution >= 4 is 51.0 Å². The molecule has 1 aliphatic rings. The largest absolute Gasteiger partial charge is 0.354 e. The van der Waals surface area contributed by atoms with Gasteiger partial charge in [-0.1, -0.05) is 67.7 Å². The van der Waals surface area contributed by atoms with Gasteiger partial charge in [0.2, 0.25) is 0 Å². The monoisotopic (exact) mass is 349 g/mol. The van der Waals surface area contributed by atoms with E-state index >= 15 is 0 Å². The average Bonchev–Trinajstić information content (AvgIpc) is 3.13.